The number of hydrogen-bond donors (Lipinski definition) is 3. The minimum atomic E-state index is -0.291. The monoisotopic (exact) mass is 458 g/mol. The molecule has 3 aromatic rings. The van der Waals surface area contributed by atoms with Crippen LogP contribution in [0.4, 0.5) is 16.2 Å². The number of nitrogens with zero attached hydrogens (tertiary/aromatic N) is 1. The minimum absolute atomic E-state index is 0.0356. The summed E-state index contributed by atoms with van der Waals surface area (Å²) in [5.74, 6) is 0.624. The van der Waals surface area contributed by atoms with Gasteiger partial charge in [0, 0.05) is 29.0 Å². The third kappa shape index (κ3) is 5.94. The molecule has 0 aromatic heterocycles. The SMILES string of the molecule is COc1ccccc1C(CNC(=O)Nc1ccc(C(=O)Nc2ccccc2)cc1)N1CCCC1. The molecule has 1 fully saturated rings. The van der Waals surface area contributed by atoms with Crippen molar-refractivity contribution in [2.24, 2.45) is 0 Å². The first-order valence-electron chi connectivity index (χ1n) is 11.5. The molecule has 176 valence electrons. The molecule has 0 bridgehead atoms. The highest BCUT2D eigenvalue weighted by atomic mass is 16.5. The fourth-order valence-corrected chi connectivity index (χ4v) is 4.23. The first-order chi connectivity index (χ1) is 16.6. The van der Waals surface area contributed by atoms with Crippen molar-refractivity contribution >= 4 is 23.3 Å². The molecule has 1 atom stereocenters. The molecule has 7 nitrogen and oxygen atoms in total. The third-order valence-electron chi connectivity index (χ3n) is 5.97. The lowest BCUT2D eigenvalue weighted by molar-refractivity contribution is 0.102. The number of nitrogens with one attached hydrogen (secondary N) is 3. The van der Waals surface area contributed by atoms with Crippen molar-refractivity contribution in [1.29, 1.82) is 0 Å². The van der Waals surface area contributed by atoms with Crippen LogP contribution in [0.3, 0.4) is 0 Å². The molecular formula is C27H30N4O3. The van der Waals surface area contributed by atoms with Crippen LogP contribution in [-0.2, 0) is 0 Å². The van der Waals surface area contributed by atoms with Gasteiger partial charge in [-0.1, -0.05) is 36.4 Å². The normalized spacial score (nSPS) is 14.3. The zero-order valence-corrected chi connectivity index (χ0v) is 19.3. The predicted octanol–water partition coefficient (Wildman–Crippen LogP) is 4.91. The van der Waals surface area contributed by atoms with Gasteiger partial charge in [0.2, 0.25) is 0 Å². The maximum atomic E-state index is 12.6. The fraction of sp³-hybridized carbons (Fsp3) is 0.259. The van der Waals surface area contributed by atoms with Crippen molar-refractivity contribution in [3.8, 4) is 5.75 Å². The van der Waals surface area contributed by atoms with Crippen molar-refractivity contribution in [2.75, 3.05) is 37.4 Å². The standard InChI is InChI=1S/C27H30N4O3/c1-34-25-12-6-5-11-23(25)24(31-17-7-8-18-31)19-28-27(33)30-22-15-13-20(14-16-22)26(32)29-21-9-3-2-4-10-21/h2-6,9-16,24H,7-8,17-19H2,1H3,(H,29,32)(H2,28,30,33). The largest absolute Gasteiger partial charge is 0.496 e. The lowest BCUT2D eigenvalue weighted by Gasteiger charge is -2.29. The highest BCUT2D eigenvalue weighted by Gasteiger charge is 2.26. The highest BCUT2D eigenvalue weighted by Crippen LogP contribution is 2.31. The van der Waals surface area contributed by atoms with Gasteiger partial charge in [-0.15, -0.1) is 0 Å². The van der Waals surface area contributed by atoms with E-state index in [2.05, 4.69) is 26.9 Å². The number of likely N-dealkylation sites (tertiary alicyclic amines) is 1. The average molecular weight is 459 g/mol. The van der Waals surface area contributed by atoms with Crippen molar-refractivity contribution in [3.05, 3.63) is 90.0 Å². The first-order valence-corrected chi connectivity index (χ1v) is 11.5. The molecule has 3 N–H and O–H groups in total. The van der Waals surface area contributed by atoms with Gasteiger partial charge in [-0.25, -0.2) is 4.79 Å². The van der Waals surface area contributed by atoms with Crippen LogP contribution < -0.4 is 20.7 Å². The second-order valence-corrected chi connectivity index (χ2v) is 8.23. The average Bonchev–Trinajstić information content (AvgIpc) is 3.40. The lowest BCUT2D eigenvalue weighted by Crippen LogP contribution is -2.38. The Hall–Kier alpha value is -3.84. The fourth-order valence-electron chi connectivity index (χ4n) is 4.23. The maximum absolute atomic E-state index is 12.6. The second-order valence-electron chi connectivity index (χ2n) is 8.23. The van der Waals surface area contributed by atoms with E-state index in [1.807, 2.05) is 48.5 Å². The number of rotatable bonds is 8. The van der Waals surface area contributed by atoms with Crippen LogP contribution in [0.5, 0.6) is 5.75 Å². The predicted molar refractivity (Wildman–Crippen MR) is 134 cm³/mol. The Morgan fingerprint density at radius 1 is 0.853 bits per heavy atom. The Morgan fingerprint density at radius 3 is 2.21 bits per heavy atom. The Morgan fingerprint density at radius 2 is 1.50 bits per heavy atom. The molecule has 0 saturated carbocycles. The zero-order chi connectivity index (χ0) is 23.8. The number of benzene rings is 3. The Balaban J connectivity index is 1.35. The van der Waals surface area contributed by atoms with Gasteiger partial charge in [-0.05, 0) is 68.4 Å². The molecule has 4 rings (SSSR count). The molecule has 3 aromatic carbocycles. The van der Waals surface area contributed by atoms with Gasteiger partial charge in [0.05, 0.1) is 13.2 Å². The summed E-state index contributed by atoms with van der Waals surface area (Å²) in [5, 5.41) is 8.70. The summed E-state index contributed by atoms with van der Waals surface area (Å²) in [4.78, 5) is 27.4. The van der Waals surface area contributed by atoms with Gasteiger partial charge in [0.25, 0.3) is 5.91 Å². The summed E-state index contributed by atoms with van der Waals surface area (Å²) in [6.07, 6.45) is 2.31. The number of hydrogen-bond acceptors (Lipinski definition) is 4. The molecular weight excluding hydrogens is 428 g/mol. The van der Waals surface area contributed by atoms with Crippen LogP contribution in [0.2, 0.25) is 0 Å². The number of anilines is 2. The molecule has 34 heavy (non-hydrogen) atoms. The molecule has 0 spiro atoms. The van der Waals surface area contributed by atoms with Crippen LogP contribution >= 0.6 is 0 Å². The molecule has 0 radical (unpaired) electrons. The summed E-state index contributed by atoms with van der Waals surface area (Å²) in [6.45, 7) is 2.46. The third-order valence-corrected chi connectivity index (χ3v) is 5.97. The van der Waals surface area contributed by atoms with Gasteiger partial charge < -0.3 is 20.7 Å². The van der Waals surface area contributed by atoms with Crippen LogP contribution in [-0.4, -0.2) is 43.6 Å². The molecule has 0 aliphatic carbocycles. The number of amides is 3. The molecule has 3 amide bonds. The summed E-state index contributed by atoms with van der Waals surface area (Å²) in [6, 6.07) is 23.8. The number of para-hydroxylation sites is 2. The number of methoxy groups -OCH3 is 1. The van der Waals surface area contributed by atoms with Crippen molar-refractivity contribution < 1.29 is 14.3 Å². The van der Waals surface area contributed by atoms with Gasteiger partial charge in [0.1, 0.15) is 5.75 Å². The molecule has 1 saturated heterocycles. The first kappa shape index (κ1) is 23.3. The van der Waals surface area contributed by atoms with E-state index in [0.29, 0.717) is 17.8 Å². The lowest BCUT2D eigenvalue weighted by atomic mass is 10.0. The topological polar surface area (TPSA) is 82.7 Å². The molecule has 7 heteroatoms. The van der Waals surface area contributed by atoms with Gasteiger partial charge >= 0.3 is 6.03 Å². The molecule has 1 heterocycles. The van der Waals surface area contributed by atoms with Gasteiger partial charge in [-0.3, -0.25) is 9.69 Å². The number of carbonyl (C=O) groups is 2. The Kier molecular flexibility index (Phi) is 7.78. The van der Waals surface area contributed by atoms with E-state index >= 15 is 0 Å². The van der Waals surface area contributed by atoms with E-state index in [-0.39, 0.29) is 18.0 Å². The highest BCUT2D eigenvalue weighted by molar-refractivity contribution is 6.04. The Labute approximate surface area is 200 Å². The number of ether oxygens (including phenoxy) is 1. The van der Waals surface area contributed by atoms with Crippen LogP contribution in [0.1, 0.15) is 34.8 Å². The summed E-state index contributed by atoms with van der Waals surface area (Å²) in [7, 11) is 1.67. The summed E-state index contributed by atoms with van der Waals surface area (Å²) < 4.78 is 5.57. The van der Waals surface area contributed by atoms with Gasteiger partial charge in [0.15, 0.2) is 0 Å². The van der Waals surface area contributed by atoms with E-state index in [9.17, 15) is 9.59 Å². The number of urea groups is 1. The summed E-state index contributed by atoms with van der Waals surface area (Å²) in [5.41, 5.74) is 2.93. The van der Waals surface area contributed by atoms with Crippen molar-refractivity contribution in [1.82, 2.24) is 10.2 Å². The van der Waals surface area contributed by atoms with E-state index in [1.54, 1.807) is 31.4 Å². The molecule has 1 aliphatic rings. The van der Waals surface area contributed by atoms with Crippen molar-refractivity contribution in [2.45, 2.75) is 18.9 Å². The smallest absolute Gasteiger partial charge is 0.319 e. The molecule has 1 aliphatic heterocycles. The Bertz CT molecular complexity index is 1100. The quantitative estimate of drug-likeness (QED) is 0.448. The van der Waals surface area contributed by atoms with E-state index < -0.39 is 0 Å². The van der Waals surface area contributed by atoms with Crippen LogP contribution in [0.15, 0.2) is 78.9 Å². The number of carbonyl (C=O) groups excluding carboxylic acids is 2. The summed E-state index contributed by atoms with van der Waals surface area (Å²) >= 11 is 0. The maximum Gasteiger partial charge on any atom is 0.319 e. The zero-order valence-electron chi connectivity index (χ0n) is 19.3. The molecule has 1 unspecified atom stereocenters. The van der Waals surface area contributed by atoms with Crippen molar-refractivity contribution in [3.63, 3.8) is 0 Å². The van der Waals surface area contributed by atoms with Crippen LogP contribution in [0.25, 0.3) is 0 Å². The minimum Gasteiger partial charge on any atom is -0.496 e. The van der Waals surface area contributed by atoms with E-state index in [0.717, 1.165) is 42.9 Å². The van der Waals surface area contributed by atoms with E-state index in [1.165, 1.54) is 0 Å². The van der Waals surface area contributed by atoms with E-state index in [4.69, 9.17) is 4.74 Å². The van der Waals surface area contributed by atoms with Gasteiger partial charge in [-0.2, -0.15) is 0 Å². The van der Waals surface area contributed by atoms with Crippen LogP contribution in [0, 0.1) is 0 Å². The second kappa shape index (κ2) is 11.3.